The zero-order chi connectivity index (χ0) is 9.40. The molecule has 12 heavy (non-hydrogen) atoms. The molecule has 4 heteroatoms. The highest BCUT2D eigenvalue weighted by Gasteiger charge is 2.04. The van der Waals surface area contributed by atoms with Gasteiger partial charge >= 0.3 is 5.97 Å². The van der Waals surface area contributed by atoms with Gasteiger partial charge < -0.3 is 4.74 Å². The van der Waals surface area contributed by atoms with Crippen molar-refractivity contribution in [1.82, 2.24) is 0 Å². The molecule has 0 N–H and O–H groups in total. The molecule has 0 heterocycles. The molecule has 0 aromatic heterocycles. The second kappa shape index (κ2) is 6.99. The highest BCUT2D eigenvalue weighted by molar-refractivity contribution is 7.99. The number of ether oxygens (including phenoxy) is 1. The summed E-state index contributed by atoms with van der Waals surface area (Å²) in [5.41, 5.74) is 0. The van der Waals surface area contributed by atoms with Crippen LogP contribution in [-0.2, 0) is 9.53 Å². The molecule has 0 aromatic rings. The minimum absolute atomic E-state index is 0.188. The molecule has 0 radical (unpaired) electrons. The van der Waals surface area contributed by atoms with Crippen molar-refractivity contribution in [2.45, 2.75) is 25.0 Å². The fraction of sp³-hybridized carbons (Fsp3) is 0.750. The Morgan fingerprint density at radius 2 is 2.42 bits per heavy atom. The smallest absolute Gasteiger partial charge is 0.306 e. The van der Waals surface area contributed by atoms with E-state index in [1.165, 1.54) is 7.11 Å². The first-order valence-electron chi connectivity index (χ1n) is 3.76. The van der Waals surface area contributed by atoms with Crippen LogP contribution in [-0.4, -0.2) is 24.1 Å². The molecule has 0 aromatic carbocycles. The second-order valence-corrected chi connectivity index (χ2v) is 3.92. The molecule has 0 saturated heterocycles. The van der Waals surface area contributed by atoms with E-state index in [1.807, 2.05) is 6.92 Å². The van der Waals surface area contributed by atoms with E-state index in [0.717, 1.165) is 5.75 Å². The Hall–Kier alpha value is -0.690. The van der Waals surface area contributed by atoms with Crippen molar-refractivity contribution < 1.29 is 9.53 Å². The van der Waals surface area contributed by atoms with Crippen LogP contribution < -0.4 is 0 Å². The highest BCUT2D eigenvalue weighted by atomic mass is 32.2. The lowest BCUT2D eigenvalue weighted by molar-refractivity contribution is -0.140. The minimum Gasteiger partial charge on any atom is -0.469 e. The monoisotopic (exact) mass is 187 g/mol. The molecule has 0 bridgehead atoms. The fourth-order valence-electron chi connectivity index (χ4n) is 0.633. The van der Waals surface area contributed by atoms with Crippen molar-refractivity contribution in [2.75, 3.05) is 12.9 Å². The van der Waals surface area contributed by atoms with Crippen molar-refractivity contribution in [3.63, 3.8) is 0 Å². The van der Waals surface area contributed by atoms with E-state index < -0.39 is 0 Å². The van der Waals surface area contributed by atoms with Crippen LogP contribution in [0.15, 0.2) is 0 Å². The summed E-state index contributed by atoms with van der Waals surface area (Å²) < 4.78 is 4.47. The van der Waals surface area contributed by atoms with E-state index in [2.05, 4.69) is 10.8 Å². The maximum atomic E-state index is 10.7. The zero-order valence-corrected chi connectivity index (χ0v) is 8.19. The van der Waals surface area contributed by atoms with E-state index in [-0.39, 0.29) is 5.97 Å². The average molecular weight is 187 g/mol. The Bertz CT molecular complexity index is 176. The van der Waals surface area contributed by atoms with Gasteiger partial charge in [-0.25, -0.2) is 0 Å². The standard InChI is InChI=1S/C8H13NO2S/c1-7(3-5-9)12-6-4-8(10)11-2/h7H,3-4,6H2,1-2H3. The van der Waals surface area contributed by atoms with Gasteiger partial charge in [0.25, 0.3) is 0 Å². The first-order valence-corrected chi connectivity index (χ1v) is 4.81. The Morgan fingerprint density at radius 1 is 1.75 bits per heavy atom. The van der Waals surface area contributed by atoms with Crippen LogP contribution in [0.2, 0.25) is 0 Å². The first kappa shape index (κ1) is 11.3. The molecule has 1 atom stereocenters. The average Bonchev–Trinajstić information content (AvgIpc) is 2.04. The quantitative estimate of drug-likeness (QED) is 0.613. The molecule has 0 amide bonds. The van der Waals surface area contributed by atoms with Crippen molar-refractivity contribution in [2.24, 2.45) is 0 Å². The summed E-state index contributed by atoms with van der Waals surface area (Å²) in [5.74, 6) is 0.543. The molecule has 0 rings (SSSR count). The summed E-state index contributed by atoms with van der Waals surface area (Å²) >= 11 is 1.62. The Kier molecular flexibility index (Phi) is 6.58. The summed E-state index contributed by atoms with van der Waals surface area (Å²) in [6.45, 7) is 1.98. The maximum absolute atomic E-state index is 10.7. The lowest BCUT2D eigenvalue weighted by Crippen LogP contribution is -2.03. The van der Waals surface area contributed by atoms with Crippen LogP contribution >= 0.6 is 11.8 Å². The SMILES string of the molecule is COC(=O)CCSC(C)CC#N. The van der Waals surface area contributed by atoms with Gasteiger partial charge in [0.2, 0.25) is 0 Å². The molecule has 0 saturated carbocycles. The maximum Gasteiger partial charge on any atom is 0.306 e. The van der Waals surface area contributed by atoms with Crippen molar-refractivity contribution >= 4 is 17.7 Å². The lowest BCUT2D eigenvalue weighted by atomic mass is 10.4. The van der Waals surface area contributed by atoms with E-state index in [1.54, 1.807) is 11.8 Å². The number of methoxy groups -OCH3 is 1. The number of carbonyl (C=O) groups excluding carboxylic acids is 1. The van der Waals surface area contributed by atoms with Crippen LogP contribution in [0.5, 0.6) is 0 Å². The number of carbonyl (C=O) groups is 1. The predicted octanol–water partition coefficient (Wildman–Crippen LogP) is 1.58. The molecule has 1 unspecified atom stereocenters. The first-order chi connectivity index (χ1) is 5.70. The molecular formula is C8H13NO2S. The van der Waals surface area contributed by atoms with E-state index >= 15 is 0 Å². The van der Waals surface area contributed by atoms with Gasteiger partial charge in [-0.2, -0.15) is 17.0 Å². The number of nitrogens with zero attached hydrogens (tertiary/aromatic N) is 1. The van der Waals surface area contributed by atoms with Gasteiger partial charge in [0.05, 0.1) is 19.6 Å². The van der Waals surface area contributed by atoms with Crippen molar-refractivity contribution in [3.8, 4) is 6.07 Å². The topological polar surface area (TPSA) is 50.1 Å². The van der Waals surface area contributed by atoms with E-state index in [9.17, 15) is 4.79 Å². The molecule has 68 valence electrons. The summed E-state index contributed by atoms with van der Waals surface area (Å²) in [6, 6.07) is 2.08. The number of hydrogen-bond donors (Lipinski definition) is 0. The highest BCUT2D eigenvalue weighted by Crippen LogP contribution is 2.14. The molecule has 0 aliphatic carbocycles. The van der Waals surface area contributed by atoms with Gasteiger partial charge in [-0.3, -0.25) is 4.79 Å². The molecular weight excluding hydrogens is 174 g/mol. The van der Waals surface area contributed by atoms with E-state index in [0.29, 0.717) is 18.1 Å². The minimum atomic E-state index is -0.188. The Balaban J connectivity index is 3.31. The number of hydrogen-bond acceptors (Lipinski definition) is 4. The number of rotatable bonds is 5. The third-order valence-corrected chi connectivity index (χ3v) is 2.49. The van der Waals surface area contributed by atoms with Gasteiger partial charge in [0, 0.05) is 17.4 Å². The normalized spacial score (nSPS) is 11.8. The Labute approximate surface area is 77.1 Å². The number of nitriles is 1. The third-order valence-electron chi connectivity index (χ3n) is 1.31. The summed E-state index contributed by atoms with van der Waals surface area (Å²) in [4.78, 5) is 10.7. The zero-order valence-electron chi connectivity index (χ0n) is 7.37. The Morgan fingerprint density at radius 3 is 2.92 bits per heavy atom. The number of thioether (sulfide) groups is 1. The van der Waals surface area contributed by atoms with Crippen LogP contribution in [0.4, 0.5) is 0 Å². The van der Waals surface area contributed by atoms with Crippen molar-refractivity contribution in [1.29, 1.82) is 5.26 Å². The van der Waals surface area contributed by atoms with Crippen LogP contribution in [0.1, 0.15) is 19.8 Å². The molecule has 0 aliphatic rings. The van der Waals surface area contributed by atoms with Gasteiger partial charge in [-0.15, -0.1) is 0 Å². The lowest BCUT2D eigenvalue weighted by Gasteiger charge is -2.04. The third kappa shape index (κ3) is 6.05. The van der Waals surface area contributed by atoms with Gasteiger partial charge in [0.1, 0.15) is 0 Å². The van der Waals surface area contributed by atoms with Crippen LogP contribution in [0, 0.1) is 11.3 Å². The molecule has 0 aliphatic heterocycles. The molecule has 0 fully saturated rings. The molecule has 3 nitrogen and oxygen atoms in total. The van der Waals surface area contributed by atoms with Gasteiger partial charge in [-0.1, -0.05) is 6.92 Å². The fourth-order valence-corrected chi connectivity index (χ4v) is 1.51. The van der Waals surface area contributed by atoms with Crippen LogP contribution in [0.3, 0.4) is 0 Å². The summed E-state index contributed by atoms with van der Waals surface area (Å²) in [7, 11) is 1.38. The van der Waals surface area contributed by atoms with Gasteiger partial charge in [0.15, 0.2) is 0 Å². The molecule has 0 spiro atoms. The predicted molar refractivity (Wildman–Crippen MR) is 48.8 cm³/mol. The number of esters is 1. The van der Waals surface area contributed by atoms with E-state index in [4.69, 9.17) is 5.26 Å². The summed E-state index contributed by atoms with van der Waals surface area (Å²) in [5, 5.41) is 8.64. The van der Waals surface area contributed by atoms with Crippen LogP contribution in [0.25, 0.3) is 0 Å². The van der Waals surface area contributed by atoms with Crippen molar-refractivity contribution in [3.05, 3.63) is 0 Å². The van der Waals surface area contributed by atoms with Gasteiger partial charge in [-0.05, 0) is 0 Å². The second-order valence-electron chi connectivity index (χ2n) is 2.37. The summed E-state index contributed by atoms with van der Waals surface area (Å²) in [6.07, 6.45) is 0.961. The largest absolute Gasteiger partial charge is 0.469 e.